The van der Waals surface area contributed by atoms with Crippen LogP contribution in [-0.4, -0.2) is 46.9 Å². The molecular formula is C14H22N2O4P2S. The van der Waals surface area contributed by atoms with Crippen molar-refractivity contribution in [2.75, 3.05) is 13.2 Å². The molecule has 3 rings (SSSR count). The fourth-order valence-corrected chi connectivity index (χ4v) is 8.23. The van der Waals surface area contributed by atoms with E-state index < -0.39 is 10.0 Å². The van der Waals surface area contributed by atoms with Crippen molar-refractivity contribution in [2.24, 2.45) is 0 Å². The fourth-order valence-electron chi connectivity index (χ4n) is 1.95. The Labute approximate surface area is 140 Å². The molecule has 9 heteroatoms. The number of aliphatic hydroxyl groups excluding tert-OH is 1. The summed E-state index contributed by atoms with van der Waals surface area (Å²) in [6, 6.07) is 3.20. The Bertz CT molecular complexity index is 621. The number of rotatable bonds is 10. The third kappa shape index (κ3) is 4.83. The summed E-state index contributed by atoms with van der Waals surface area (Å²) in [5, 5.41) is 8.85. The van der Waals surface area contributed by atoms with Crippen molar-refractivity contribution in [3.63, 3.8) is 0 Å². The normalized spacial score (nSPS) is 19.4. The largest absolute Gasteiger partial charge is 0.477 e. The van der Waals surface area contributed by atoms with Crippen LogP contribution in [0.3, 0.4) is 0 Å². The first-order valence-electron chi connectivity index (χ1n) is 7.87. The standard InChI is InChI=1S/C14H22N2O4P2S/c17-9-2-10-20-14-13(3-1-8-15-14)23(18,19)16(21-11-4-5-11)22-12-6-7-12/h1,3,8,11-12,17,21-22H,2,4-7,9-10H2. The van der Waals surface area contributed by atoms with E-state index in [4.69, 9.17) is 9.84 Å². The quantitative estimate of drug-likeness (QED) is 0.501. The summed E-state index contributed by atoms with van der Waals surface area (Å²) in [6.45, 7) is 0.263. The minimum absolute atomic E-state index is 0.00711. The highest BCUT2D eigenvalue weighted by molar-refractivity contribution is 7.97. The number of sulfonamides is 1. The van der Waals surface area contributed by atoms with Crippen LogP contribution in [0.5, 0.6) is 5.88 Å². The van der Waals surface area contributed by atoms with Crippen LogP contribution in [0, 0.1) is 0 Å². The van der Waals surface area contributed by atoms with Gasteiger partial charge in [0.25, 0.3) is 10.0 Å². The maximum atomic E-state index is 13.1. The zero-order chi connectivity index (χ0) is 16.3. The molecule has 1 aromatic heterocycles. The highest BCUT2D eigenvalue weighted by atomic mass is 32.2. The van der Waals surface area contributed by atoms with Gasteiger partial charge in [-0.2, -0.15) is 3.85 Å². The molecule has 6 nitrogen and oxygen atoms in total. The number of hydrogen-bond donors (Lipinski definition) is 1. The van der Waals surface area contributed by atoms with Crippen LogP contribution in [0.2, 0.25) is 0 Å². The second kappa shape index (κ2) is 7.71. The zero-order valence-electron chi connectivity index (χ0n) is 12.8. The van der Waals surface area contributed by atoms with Crippen molar-refractivity contribution in [2.45, 2.75) is 48.3 Å². The third-order valence-electron chi connectivity index (χ3n) is 3.55. The number of aliphatic hydroxyl groups is 1. The molecule has 2 unspecified atom stereocenters. The molecule has 1 N–H and O–H groups in total. The number of pyridine rings is 1. The average molecular weight is 376 g/mol. The Morgan fingerprint density at radius 3 is 2.48 bits per heavy atom. The van der Waals surface area contributed by atoms with E-state index in [1.165, 1.54) is 6.20 Å². The summed E-state index contributed by atoms with van der Waals surface area (Å²) >= 11 is 0. The summed E-state index contributed by atoms with van der Waals surface area (Å²) < 4.78 is 33.3. The van der Waals surface area contributed by atoms with Gasteiger partial charge in [-0.1, -0.05) is 0 Å². The van der Waals surface area contributed by atoms with E-state index in [-0.39, 0.29) is 24.0 Å². The number of aromatic nitrogens is 1. The molecule has 0 radical (unpaired) electrons. The van der Waals surface area contributed by atoms with Crippen LogP contribution in [0.25, 0.3) is 0 Å². The molecule has 2 fully saturated rings. The second-order valence-corrected chi connectivity index (χ2v) is 11.7. The lowest BCUT2D eigenvalue weighted by molar-refractivity contribution is 0.226. The molecule has 0 saturated heterocycles. The SMILES string of the molecule is O=S(=O)(c1cccnc1OCCCO)N(PC1CC1)PC1CC1. The van der Waals surface area contributed by atoms with Gasteiger partial charge in [-0.3, -0.25) is 0 Å². The van der Waals surface area contributed by atoms with Crippen LogP contribution < -0.4 is 4.74 Å². The van der Waals surface area contributed by atoms with Crippen molar-refractivity contribution in [3.8, 4) is 5.88 Å². The third-order valence-corrected chi connectivity index (χ3v) is 10.1. The zero-order valence-corrected chi connectivity index (χ0v) is 15.6. The van der Waals surface area contributed by atoms with Crippen LogP contribution in [0.4, 0.5) is 0 Å². The topological polar surface area (TPSA) is 79.7 Å². The van der Waals surface area contributed by atoms with E-state index in [1.807, 2.05) is 0 Å². The van der Waals surface area contributed by atoms with Gasteiger partial charge in [0.05, 0.1) is 6.61 Å². The number of hydrogen-bond acceptors (Lipinski definition) is 5. The molecule has 128 valence electrons. The van der Waals surface area contributed by atoms with Crippen LogP contribution >= 0.6 is 17.5 Å². The molecule has 0 aromatic carbocycles. The number of nitrogens with zero attached hydrogens (tertiary/aromatic N) is 2. The van der Waals surface area contributed by atoms with E-state index in [9.17, 15) is 8.42 Å². The second-order valence-electron chi connectivity index (χ2n) is 5.81. The van der Waals surface area contributed by atoms with Gasteiger partial charge in [0.1, 0.15) is 4.90 Å². The first-order valence-corrected chi connectivity index (χ1v) is 11.4. The average Bonchev–Trinajstić information content (AvgIpc) is 3.43. The van der Waals surface area contributed by atoms with Gasteiger partial charge >= 0.3 is 0 Å². The molecule has 0 amide bonds. The molecule has 0 bridgehead atoms. The van der Waals surface area contributed by atoms with Crippen LogP contribution in [0.1, 0.15) is 32.1 Å². The lowest BCUT2D eigenvalue weighted by atomic mass is 10.4. The minimum atomic E-state index is -3.57. The summed E-state index contributed by atoms with van der Waals surface area (Å²) in [4.78, 5) is 4.24. The molecular weight excluding hydrogens is 354 g/mol. The van der Waals surface area contributed by atoms with Crippen molar-refractivity contribution >= 4 is 27.5 Å². The van der Waals surface area contributed by atoms with Gasteiger partial charge in [-0.25, -0.2) is 13.4 Å². The molecule has 0 aliphatic heterocycles. The molecule has 2 saturated carbocycles. The highest BCUT2D eigenvalue weighted by Crippen LogP contribution is 2.55. The molecule has 1 aromatic rings. The summed E-state index contributed by atoms with van der Waals surface area (Å²) in [5.74, 6) is 0.146. The van der Waals surface area contributed by atoms with Crippen molar-refractivity contribution in [1.82, 2.24) is 8.83 Å². The molecule has 2 atom stereocenters. The summed E-state index contributed by atoms with van der Waals surface area (Å²) in [6.07, 6.45) is 6.51. The Balaban J connectivity index is 1.80. The summed E-state index contributed by atoms with van der Waals surface area (Å²) in [7, 11) is -2.90. The van der Waals surface area contributed by atoms with Crippen LogP contribution in [0.15, 0.2) is 23.2 Å². The Morgan fingerprint density at radius 2 is 1.91 bits per heavy atom. The summed E-state index contributed by atoms with van der Waals surface area (Å²) in [5.41, 5.74) is 1.07. The Hall–Kier alpha value is -0.320. The van der Waals surface area contributed by atoms with Crippen molar-refractivity contribution < 1.29 is 18.3 Å². The molecule has 1 heterocycles. The van der Waals surface area contributed by atoms with E-state index in [0.717, 1.165) is 25.7 Å². The van der Waals surface area contributed by atoms with E-state index in [0.29, 0.717) is 35.2 Å². The van der Waals surface area contributed by atoms with Crippen LogP contribution in [-0.2, 0) is 10.0 Å². The fraction of sp³-hybridized carbons (Fsp3) is 0.643. The smallest absolute Gasteiger partial charge is 0.254 e. The molecule has 2 aliphatic rings. The van der Waals surface area contributed by atoms with Gasteiger partial charge in [-0.15, -0.1) is 0 Å². The van der Waals surface area contributed by atoms with Gasteiger partial charge in [0, 0.05) is 19.2 Å². The van der Waals surface area contributed by atoms with Gasteiger partial charge in [0.15, 0.2) is 0 Å². The lowest BCUT2D eigenvalue weighted by Crippen LogP contribution is -2.19. The van der Waals surface area contributed by atoms with Gasteiger partial charge in [0.2, 0.25) is 5.88 Å². The maximum Gasteiger partial charge on any atom is 0.254 e. The Morgan fingerprint density at radius 1 is 1.26 bits per heavy atom. The lowest BCUT2D eigenvalue weighted by Gasteiger charge is -2.22. The van der Waals surface area contributed by atoms with Crippen molar-refractivity contribution in [3.05, 3.63) is 18.3 Å². The predicted octanol–water partition coefficient (Wildman–Crippen LogP) is 2.35. The van der Waals surface area contributed by atoms with Gasteiger partial charge in [-0.05, 0) is 66.6 Å². The monoisotopic (exact) mass is 376 g/mol. The maximum absolute atomic E-state index is 13.1. The number of ether oxygens (including phenoxy) is 1. The molecule has 23 heavy (non-hydrogen) atoms. The molecule has 0 spiro atoms. The minimum Gasteiger partial charge on any atom is -0.477 e. The molecule has 2 aliphatic carbocycles. The van der Waals surface area contributed by atoms with E-state index >= 15 is 0 Å². The van der Waals surface area contributed by atoms with E-state index in [2.05, 4.69) is 4.98 Å². The van der Waals surface area contributed by atoms with Gasteiger partial charge < -0.3 is 9.84 Å². The van der Waals surface area contributed by atoms with E-state index in [1.54, 1.807) is 16.0 Å². The highest BCUT2D eigenvalue weighted by Gasteiger charge is 2.37. The first-order chi connectivity index (χ1) is 11.1. The van der Waals surface area contributed by atoms with Crippen molar-refractivity contribution in [1.29, 1.82) is 0 Å². The Kier molecular flexibility index (Phi) is 5.87. The first kappa shape index (κ1) is 17.5. The predicted molar refractivity (Wildman–Crippen MR) is 93.1 cm³/mol.